The van der Waals surface area contributed by atoms with E-state index in [2.05, 4.69) is 53.1 Å². The summed E-state index contributed by atoms with van der Waals surface area (Å²) in [4.78, 5) is 34.0. The second-order valence-corrected chi connectivity index (χ2v) is 24.0. The van der Waals surface area contributed by atoms with Crippen molar-refractivity contribution in [1.82, 2.24) is 10.6 Å². The molecule has 13 N–H and O–H groups in total. The number of hydrogen-bond acceptors (Lipinski definition) is 11. The molecule has 14 heteroatoms. The van der Waals surface area contributed by atoms with Gasteiger partial charge in [-0.3, -0.25) is 19.9 Å². The number of guanidine groups is 1. The topological polar surface area (TPSA) is 259 Å². The van der Waals surface area contributed by atoms with Crippen molar-refractivity contribution in [3.63, 3.8) is 0 Å². The van der Waals surface area contributed by atoms with Crippen molar-refractivity contribution >= 4 is 17.6 Å². The highest BCUT2D eigenvalue weighted by atomic mass is 16.5. The molecule has 6 aliphatic rings. The summed E-state index contributed by atoms with van der Waals surface area (Å²) >= 11 is 0. The number of phenolic OH excluding ortho intramolecular Hbond substituents is 1. The van der Waals surface area contributed by atoms with Gasteiger partial charge < -0.3 is 52.8 Å². The first-order chi connectivity index (χ1) is 38.3. The molecule has 9 rings (SSSR count). The Bertz CT molecular complexity index is 3000. The van der Waals surface area contributed by atoms with Gasteiger partial charge in [0.05, 0.1) is 30.0 Å². The van der Waals surface area contributed by atoms with Gasteiger partial charge in [-0.25, -0.2) is 0 Å². The predicted octanol–water partition coefficient (Wildman–Crippen LogP) is 7.40. The number of ketones is 1. The van der Waals surface area contributed by atoms with Crippen LogP contribution >= 0.6 is 0 Å². The molecular formula is C66H84N6O8. The SMILES string of the molecule is C=C1/C=C/C=C2\[C@H]3[C@@H](CCC[C@@H]2OCC#CC/C(C)=C/CC1)C[C@@]1([C@@H]2CC[C@@H](O)Cc4cccc(c4)C[C@@H]([C@H](CN=C(N)N)c4ccc(O)cc4)[C@H](O)CN[C@@H]4C(=O)N[C@H](N)c5cccc(c54)CC(=O)/C(C)=C/2CC[C@@]1(C)O)[C@@H]3O. The van der Waals surface area contributed by atoms with Gasteiger partial charge >= 0.3 is 0 Å². The van der Waals surface area contributed by atoms with Crippen LogP contribution in [0.5, 0.6) is 5.75 Å². The highest BCUT2D eigenvalue weighted by Crippen LogP contribution is 2.66. The van der Waals surface area contributed by atoms with E-state index >= 15 is 4.79 Å². The normalized spacial score (nSPS) is 34.9. The van der Waals surface area contributed by atoms with Gasteiger partial charge in [0, 0.05) is 43.2 Å². The summed E-state index contributed by atoms with van der Waals surface area (Å²) in [5.41, 5.74) is 25.0. The van der Waals surface area contributed by atoms with Gasteiger partial charge in [-0.2, -0.15) is 0 Å². The molecule has 2 bridgehead atoms. The van der Waals surface area contributed by atoms with Crippen molar-refractivity contribution in [2.24, 2.45) is 51.3 Å². The average molecular weight is 1090 g/mol. The number of β-amino-alcohol motifs (C(OH)–C–C–N with tert-alkyl or cyclic N) is 1. The lowest BCUT2D eigenvalue weighted by Gasteiger charge is -2.56. The molecule has 0 saturated heterocycles. The van der Waals surface area contributed by atoms with E-state index in [-0.39, 0.29) is 61.5 Å². The second kappa shape index (κ2) is 25.3. The second-order valence-electron chi connectivity index (χ2n) is 24.0. The van der Waals surface area contributed by atoms with E-state index in [0.717, 1.165) is 65.5 Å². The monoisotopic (exact) mass is 1090 g/mol. The molecule has 14 nitrogen and oxygen atoms in total. The highest BCUT2D eigenvalue weighted by molar-refractivity contribution is 5.98. The molecule has 0 unspecified atom stereocenters. The van der Waals surface area contributed by atoms with Crippen LogP contribution in [0.3, 0.4) is 0 Å². The van der Waals surface area contributed by atoms with Gasteiger partial charge in [0.25, 0.3) is 0 Å². The van der Waals surface area contributed by atoms with Crippen molar-refractivity contribution < 1.29 is 39.9 Å². The number of nitrogens with one attached hydrogen (secondary N) is 2. The molecule has 0 aromatic heterocycles. The zero-order valence-electron chi connectivity index (χ0n) is 46.9. The van der Waals surface area contributed by atoms with E-state index in [9.17, 15) is 30.3 Å². The number of phenols is 1. The number of aliphatic hydroxyl groups is 4. The number of fused-ring (bicyclic) bond motifs is 7. The number of aromatic hydroxyl groups is 1. The fourth-order valence-corrected chi connectivity index (χ4v) is 14.7. The Labute approximate surface area is 472 Å². The van der Waals surface area contributed by atoms with Crippen molar-refractivity contribution in [3.8, 4) is 17.6 Å². The molecule has 3 aromatic rings. The zero-order valence-corrected chi connectivity index (χ0v) is 46.9. The van der Waals surface area contributed by atoms with E-state index in [4.69, 9.17) is 21.9 Å². The van der Waals surface area contributed by atoms with Gasteiger partial charge in [0.1, 0.15) is 24.6 Å². The maximum atomic E-state index is 15.3. The summed E-state index contributed by atoms with van der Waals surface area (Å²) in [5.74, 6) is 4.06. The summed E-state index contributed by atoms with van der Waals surface area (Å²) in [5, 5.41) is 68.1. The third-order valence-electron chi connectivity index (χ3n) is 18.8. The number of allylic oxidation sites excluding steroid dienone is 8. The van der Waals surface area contributed by atoms with Gasteiger partial charge in [-0.15, -0.1) is 0 Å². The number of carbonyl (C=O) groups excluding carboxylic acids is 2. The van der Waals surface area contributed by atoms with Crippen LogP contribution in [0, 0.1) is 40.9 Å². The molecule has 3 aliphatic heterocycles. The molecule has 3 heterocycles. The summed E-state index contributed by atoms with van der Waals surface area (Å²) in [6, 6.07) is 19.3. The van der Waals surface area contributed by atoms with Crippen LogP contribution in [0.1, 0.15) is 143 Å². The molecule has 3 aliphatic carbocycles. The third kappa shape index (κ3) is 12.7. The minimum atomic E-state index is -1.36. The van der Waals surface area contributed by atoms with Gasteiger partial charge in [0.15, 0.2) is 11.7 Å². The van der Waals surface area contributed by atoms with Crippen LogP contribution in [0.4, 0.5) is 0 Å². The van der Waals surface area contributed by atoms with Crippen LogP contribution < -0.4 is 27.8 Å². The number of hydrogen-bond donors (Lipinski definition) is 10. The number of ether oxygens (including phenoxy) is 1. The number of aliphatic hydroxyl groups excluding tert-OH is 3. The average Bonchev–Trinajstić information content (AvgIpc) is 3.84. The van der Waals surface area contributed by atoms with Crippen LogP contribution in [0.2, 0.25) is 0 Å². The number of amides is 1. The Hall–Kier alpha value is -6.15. The number of aliphatic imine (C=N–C) groups is 1. The number of nitrogens with two attached hydrogens (primary N) is 3. The van der Waals surface area contributed by atoms with E-state index < -0.39 is 65.2 Å². The quantitative estimate of drug-likeness (QED) is 0.0531. The Kier molecular flexibility index (Phi) is 18.5. The fraction of sp³-hybridized carbons (Fsp3) is 0.500. The standard InChI is InChI=1S/C66H84N6O8/c1-39-12-5-6-31-80-57-22-11-19-46-36-66(61(77)59(46)50(57)20-8-15-40(2)14-7-13-39)54-28-27-48(74)33-42-16-9-17-43(32-42)34-52(53(37-71-64(68)69)44-23-25-47(73)26-24-44)56(76)38-70-60-58-45(18-10-21-51(58)62(67)72-63(60)78)35-55(75)41(3)49(54)29-30-65(66,4)79/h8-10,13,15-18,20-21,23-26,32,46,48,52-54,56-57,59-62,70,73-74,76-77,79H,2,7,11-12,14,19,22,27-31,33-38,67H2,1,3-4H3,(H,72,78)(H4,68,69,71)/b15-8+,39-13+,49-41+,50-20-/t46-,48+,52-,53+,54+,56+,57-,59+,60-,61+,62-,65+,66+/m0/s1. The van der Waals surface area contributed by atoms with Crippen molar-refractivity contribution in [1.29, 1.82) is 0 Å². The molecule has 80 heavy (non-hydrogen) atoms. The molecule has 3 aromatic carbocycles. The predicted molar refractivity (Wildman–Crippen MR) is 313 cm³/mol. The van der Waals surface area contributed by atoms with Crippen molar-refractivity contribution in [3.05, 3.63) is 159 Å². The summed E-state index contributed by atoms with van der Waals surface area (Å²) in [6.07, 6.45) is 11.6. The van der Waals surface area contributed by atoms with Crippen molar-refractivity contribution in [2.75, 3.05) is 19.7 Å². The Balaban J connectivity index is 1.14. The van der Waals surface area contributed by atoms with E-state index in [1.54, 1.807) is 24.3 Å². The van der Waals surface area contributed by atoms with Crippen molar-refractivity contribution in [2.45, 2.75) is 159 Å². The van der Waals surface area contributed by atoms with E-state index in [0.29, 0.717) is 73.6 Å². The number of rotatable bonds is 4. The first kappa shape index (κ1) is 58.5. The van der Waals surface area contributed by atoms with Gasteiger partial charge in [-0.05, 0) is 166 Å². The minimum absolute atomic E-state index is 0.0110. The van der Waals surface area contributed by atoms with Crippen LogP contribution in [0.15, 0.2) is 130 Å². The maximum Gasteiger partial charge on any atom is 0.243 e. The Morgan fingerprint density at radius 2 is 1.73 bits per heavy atom. The lowest BCUT2D eigenvalue weighted by atomic mass is 9.52. The molecular weight excluding hydrogens is 1000 g/mol. The maximum absolute atomic E-state index is 15.3. The zero-order chi connectivity index (χ0) is 56.9. The molecule has 426 valence electrons. The van der Waals surface area contributed by atoms with Crippen LogP contribution in [-0.2, 0) is 33.6 Å². The summed E-state index contributed by atoms with van der Waals surface area (Å²) in [6.45, 7) is 10.5. The first-order valence-corrected chi connectivity index (χ1v) is 29.0. The smallest absolute Gasteiger partial charge is 0.243 e. The number of benzene rings is 3. The van der Waals surface area contributed by atoms with Gasteiger partial charge in [0.2, 0.25) is 5.91 Å². The van der Waals surface area contributed by atoms with E-state index in [1.807, 2.05) is 68.5 Å². The van der Waals surface area contributed by atoms with Crippen LogP contribution in [0.25, 0.3) is 0 Å². The molecule has 3 saturated carbocycles. The minimum Gasteiger partial charge on any atom is -0.508 e. The third-order valence-corrected chi connectivity index (χ3v) is 18.8. The lowest BCUT2D eigenvalue weighted by molar-refractivity contribution is -0.169. The largest absolute Gasteiger partial charge is 0.508 e. The Morgan fingerprint density at radius 1 is 0.963 bits per heavy atom. The Morgan fingerprint density at radius 3 is 2.50 bits per heavy atom. The number of carbonyl (C=O) groups is 2. The lowest BCUT2D eigenvalue weighted by Crippen LogP contribution is -2.59. The van der Waals surface area contributed by atoms with Crippen LogP contribution in [-0.4, -0.2) is 92.9 Å². The molecule has 13 atom stereocenters. The molecule has 1 spiro atoms. The fourth-order valence-electron chi connectivity index (χ4n) is 14.7. The molecule has 0 radical (unpaired) electrons. The summed E-state index contributed by atoms with van der Waals surface area (Å²) < 4.78 is 6.67. The van der Waals surface area contributed by atoms with Gasteiger partial charge in [-0.1, -0.05) is 120 Å². The van der Waals surface area contributed by atoms with E-state index in [1.165, 1.54) is 5.57 Å². The molecule has 3 fully saturated rings. The first-order valence-electron chi connectivity index (χ1n) is 29.0. The highest BCUT2D eigenvalue weighted by Gasteiger charge is 2.67. The number of nitrogens with zero attached hydrogens (tertiary/aromatic N) is 1. The summed E-state index contributed by atoms with van der Waals surface area (Å²) in [7, 11) is 0. The number of Topliss-reactive ketones (excluding diaryl/α,β-unsaturated/α-hetero) is 1. The molecule has 1 amide bonds.